The number of rotatable bonds is 8. The maximum Gasteiger partial charge on any atom is 0.124 e. The zero-order chi connectivity index (χ0) is 16.7. The van der Waals surface area contributed by atoms with Crippen molar-refractivity contribution < 1.29 is 9.13 Å². The van der Waals surface area contributed by atoms with E-state index in [1.807, 2.05) is 37.2 Å². The molecule has 0 unspecified atom stereocenters. The molecule has 23 heavy (non-hydrogen) atoms. The molecule has 124 valence electrons. The molecule has 0 heterocycles. The zero-order valence-corrected chi connectivity index (χ0v) is 14.1. The minimum atomic E-state index is -0.226. The van der Waals surface area contributed by atoms with Crippen LogP contribution in [0.1, 0.15) is 11.1 Å². The summed E-state index contributed by atoms with van der Waals surface area (Å²) in [6.07, 6.45) is 0. The van der Waals surface area contributed by atoms with Crippen molar-refractivity contribution in [3.8, 4) is 5.75 Å². The third-order valence-electron chi connectivity index (χ3n) is 3.53. The monoisotopic (exact) mass is 316 g/mol. The number of hydrogen-bond donors (Lipinski definition) is 0. The first-order chi connectivity index (χ1) is 11.0. The maximum absolute atomic E-state index is 13.4. The van der Waals surface area contributed by atoms with Crippen LogP contribution >= 0.6 is 0 Å². The normalized spacial score (nSPS) is 11.2. The summed E-state index contributed by atoms with van der Waals surface area (Å²) >= 11 is 0. The third kappa shape index (κ3) is 6.00. The molecule has 0 bridgehead atoms. The molecule has 0 spiro atoms. The first kappa shape index (κ1) is 17.4. The van der Waals surface area contributed by atoms with E-state index in [1.165, 1.54) is 11.6 Å². The topological polar surface area (TPSA) is 15.7 Å². The molecule has 4 heteroatoms. The van der Waals surface area contributed by atoms with Gasteiger partial charge in [0.1, 0.15) is 18.2 Å². The van der Waals surface area contributed by atoms with Crippen molar-refractivity contribution >= 4 is 0 Å². The number of likely N-dealkylation sites (N-methyl/N-ethyl adjacent to an activating group) is 1. The minimum Gasteiger partial charge on any atom is -0.492 e. The first-order valence-electron chi connectivity index (χ1n) is 7.83. The molecule has 0 aliphatic heterocycles. The van der Waals surface area contributed by atoms with Crippen LogP contribution in [0, 0.1) is 5.82 Å². The van der Waals surface area contributed by atoms with E-state index < -0.39 is 0 Å². The van der Waals surface area contributed by atoms with Gasteiger partial charge in [0.25, 0.3) is 0 Å². The van der Waals surface area contributed by atoms with E-state index in [0.717, 1.165) is 24.4 Å². The van der Waals surface area contributed by atoms with Gasteiger partial charge in [-0.1, -0.05) is 30.3 Å². The van der Waals surface area contributed by atoms with Crippen LogP contribution in [-0.2, 0) is 13.1 Å². The quantitative estimate of drug-likeness (QED) is 0.742. The molecule has 0 atom stereocenters. The number of hydrogen-bond acceptors (Lipinski definition) is 3. The molecule has 3 nitrogen and oxygen atoms in total. The summed E-state index contributed by atoms with van der Waals surface area (Å²) in [6.45, 7) is 2.94. The van der Waals surface area contributed by atoms with Crippen molar-refractivity contribution in [2.24, 2.45) is 0 Å². The van der Waals surface area contributed by atoms with E-state index in [4.69, 9.17) is 4.74 Å². The number of halogens is 1. The van der Waals surface area contributed by atoms with Crippen molar-refractivity contribution in [1.82, 2.24) is 9.80 Å². The number of ether oxygens (including phenoxy) is 1. The zero-order valence-electron chi connectivity index (χ0n) is 14.1. The highest BCUT2D eigenvalue weighted by atomic mass is 19.1. The lowest BCUT2D eigenvalue weighted by molar-refractivity contribution is 0.229. The van der Waals surface area contributed by atoms with Crippen LogP contribution in [0.4, 0.5) is 4.39 Å². The van der Waals surface area contributed by atoms with E-state index in [-0.39, 0.29) is 5.82 Å². The van der Waals surface area contributed by atoms with Gasteiger partial charge in [-0.3, -0.25) is 4.90 Å². The Hall–Kier alpha value is -1.91. The van der Waals surface area contributed by atoms with Crippen LogP contribution in [0.25, 0.3) is 0 Å². The third-order valence-corrected chi connectivity index (χ3v) is 3.53. The van der Waals surface area contributed by atoms with Crippen molar-refractivity contribution in [1.29, 1.82) is 0 Å². The predicted octanol–water partition coefficient (Wildman–Crippen LogP) is 3.40. The Balaban J connectivity index is 1.86. The van der Waals surface area contributed by atoms with Crippen LogP contribution in [0.3, 0.4) is 0 Å². The van der Waals surface area contributed by atoms with E-state index in [0.29, 0.717) is 13.2 Å². The fourth-order valence-electron chi connectivity index (χ4n) is 2.44. The second-order valence-corrected chi connectivity index (χ2v) is 6.06. The van der Waals surface area contributed by atoms with E-state index in [2.05, 4.69) is 24.1 Å². The molecule has 0 amide bonds. The molecule has 0 saturated carbocycles. The highest BCUT2D eigenvalue weighted by Gasteiger charge is 2.07. The van der Waals surface area contributed by atoms with E-state index >= 15 is 0 Å². The van der Waals surface area contributed by atoms with Gasteiger partial charge < -0.3 is 9.64 Å². The molecule has 0 aromatic heterocycles. The average Bonchev–Trinajstić information content (AvgIpc) is 2.50. The molecule has 0 radical (unpaired) electrons. The van der Waals surface area contributed by atoms with Crippen LogP contribution in [0.15, 0.2) is 48.5 Å². The van der Waals surface area contributed by atoms with Crippen molar-refractivity contribution in [3.05, 3.63) is 65.5 Å². The van der Waals surface area contributed by atoms with Gasteiger partial charge in [-0.15, -0.1) is 0 Å². The Labute approximate surface area is 138 Å². The van der Waals surface area contributed by atoms with Gasteiger partial charge >= 0.3 is 0 Å². The Bertz CT molecular complexity index is 602. The van der Waals surface area contributed by atoms with E-state index in [9.17, 15) is 4.39 Å². The molecule has 0 aliphatic rings. The van der Waals surface area contributed by atoms with E-state index in [1.54, 1.807) is 12.1 Å². The SMILES string of the molecule is CN(C)Cc1cc(F)ccc1OCCN(C)Cc1ccccc1. The Morgan fingerprint density at radius 1 is 0.957 bits per heavy atom. The molecule has 0 fully saturated rings. The molecule has 2 aromatic rings. The fourth-order valence-corrected chi connectivity index (χ4v) is 2.44. The molecule has 0 saturated heterocycles. The van der Waals surface area contributed by atoms with Gasteiger partial charge in [0, 0.05) is 25.2 Å². The van der Waals surface area contributed by atoms with Gasteiger partial charge in [-0.25, -0.2) is 4.39 Å². The Kier molecular flexibility index (Phi) is 6.56. The van der Waals surface area contributed by atoms with Crippen LogP contribution < -0.4 is 4.74 Å². The molecule has 2 aromatic carbocycles. The summed E-state index contributed by atoms with van der Waals surface area (Å²) in [4.78, 5) is 4.22. The Morgan fingerprint density at radius 2 is 1.70 bits per heavy atom. The second kappa shape index (κ2) is 8.65. The summed E-state index contributed by atoms with van der Waals surface area (Å²) < 4.78 is 19.3. The van der Waals surface area contributed by atoms with Gasteiger partial charge in [-0.2, -0.15) is 0 Å². The molecular formula is C19H25FN2O. The minimum absolute atomic E-state index is 0.226. The summed E-state index contributed by atoms with van der Waals surface area (Å²) in [7, 11) is 5.99. The van der Waals surface area contributed by atoms with Crippen molar-refractivity contribution in [2.75, 3.05) is 34.3 Å². The summed E-state index contributed by atoms with van der Waals surface area (Å²) in [5, 5.41) is 0. The summed E-state index contributed by atoms with van der Waals surface area (Å²) in [5.41, 5.74) is 2.16. The standard InChI is InChI=1S/C19H25FN2O/c1-21(2)15-17-13-18(20)9-10-19(17)23-12-11-22(3)14-16-7-5-4-6-8-16/h4-10,13H,11-12,14-15H2,1-3H3. The lowest BCUT2D eigenvalue weighted by Crippen LogP contribution is -2.24. The van der Waals surface area contributed by atoms with Gasteiger partial charge in [0.15, 0.2) is 0 Å². The highest BCUT2D eigenvalue weighted by Crippen LogP contribution is 2.21. The lowest BCUT2D eigenvalue weighted by Gasteiger charge is -2.19. The Morgan fingerprint density at radius 3 is 2.39 bits per heavy atom. The number of benzene rings is 2. The van der Waals surface area contributed by atoms with Gasteiger partial charge in [-0.05, 0) is 44.9 Å². The summed E-state index contributed by atoms with van der Waals surface area (Å²) in [5.74, 6) is 0.531. The van der Waals surface area contributed by atoms with Gasteiger partial charge in [0.2, 0.25) is 0 Å². The van der Waals surface area contributed by atoms with Crippen LogP contribution in [0.5, 0.6) is 5.75 Å². The smallest absolute Gasteiger partial charge is 0.124 e. The van der Waals surface area contributed by atoms with Crippen LogP contribution in [0.2, 0.25) is 0 Å². The maximum atomic E-state index is 13.4. The molecule has 2 rings (SSSR count). The summed E-state index contributed by atoms with van der Waals surface area (Å²) in [6, 6.07) is 15.1. The first-order valence-corrected chi connectivity index (χ1v) is 7.83. The predicted molar refractivity (Wildman–Crippen MR) is 92.1 cm³/mol. The molecular weight excluding hydrogens is 291 g/mol. The second-order valence-electron chi connectivity index (χ2n) is 6.06. The van der Waals surface area contributed by atoms with Crippen LogP contribution in [-0.4, -0.2) is 44.1 Å². The van der Waals surface area contributed by atoms with Crippen molar-refractivity contribution in [3.63, 3.8) is 0 Å². The lowest BCUT2D eigenvalue weighted by atomic mass is 10.2. The van der Waals surface area contributed by atoms with Gasteiger partial charge in [0.05, 0.1) is 0 Å². The number of nitrogens with zero attached hydrogens (tertiary/aromatic N) is 2. The fraction of sp³-hybridized carbons (Fsp3) is 0.368. The van der Waals surface area contributed by atoms with Crippen molar-refractivity contribution in [2.45, 2.75) is 13.1 Å². The highest BCUT2D eigenvalue weighted by molar-refractivity contribution is 5.34. The average molecular weight is 316 g/mol. The largest absolute Gasteiger partial charge is 0.492 e. The molecule has 0 N–H and O–H groups in total. The molecule has 0 aliphatic carbocycles.